The predicted molar refractivity (Wildman–Crippen MR) is 88.2 cm³/mol. The first kappa shape index (κ1) is 16.9. The molecule has 1 saturated carbocycles. The van der Waals surface area contributed by atoms with Crippen molar-refractivity contribution in [1.29, 1.82) is 0 Å². The Balaban J connectivity index is 2.15. The minimum atomic E-state index is -3.42. The Morgan fingerprint density at radius 2 is 2.10 bits per heavy atom. The van der Waals surface area contributed by atoms with Crippen LogP contribution in [0.3, 0.4) is 0 Å². The van der Waals surface area contributed by atoms with E-state index in [1.165, 1.54) is 24.2 Å². The third-order valence-corrected chi connectivity index (χ3v) is 6.91. The van der Waals surface area contributed by atoms with E-state index < -0.39 is 10.0 Å². The Morgan fingerprint density at radius 3 is 2.67 bits per heavy atom. The van der Waals surface area contributed by atoms with Crippen molar-refractivity contribution in [3.8, 4) is 0 Å². The second-order valence-electron chi connectivity index (χ2n) is 5.86. The van der Waals surface area contributed by atoms with Crippen LogP contribution in [0.1, 0.15) is 50.0 Å². The van der Waals surface area contributed by atoms with Crippen molar-refractivity contribution in [2.24, 2.45) is 5.92 Å². The molecule has 0 spiro atoms. The predicted octanol–water partition coefficient (Wildman–Crippen LogP) is 3.02. The van der Waals surface area contributed by atoms with Crippen molar-refractivity contribution in [2.75, 3.05) is 6.54 Å². The van der Waals surface area contributed by atoms with Crippen LogP contribution >= 0.6 is 11.3 Å². The van der Waals surface area contributed by atoms with Crippen molar-refractivity contribution < 1.29 is 8.42 Å². The first-order valence-corrected chi connectivity index (χ1v) is 10.1. The minimum Gasteiger partial charge on any atom is -0.312 e. The molecule has 4 nitrogen and oxygen atoms in total. The molecule has 2 N–H and O–H groups in total. The summed E-state index contributed by atoms with van der Waals surface area (Å²) in [6, 6.07) is 0.0637. The highest BCUT2D eigenvalue weighted by Gasteiger charge is 2.29. The van der Waals surface area contributed by atoms with Crippen molar-refractivity contribution in [3.63, 3.8) is 0 Å². The quantitative estimate of drug-likeness (QED) is 0.732. The molecule has 0 aliphatic heterocycles. The van der Waals surface area contributed by atoms with Crippen LogP contribution in [0.4, 0.5) is 0 Å². The largest absolute Gasteiger partial charge is 0.312 e. The molecule has 1 aliphatic carbocycles. The molecule has 0 aromatic carbocycles. The lowest BCUT2D eigenvalue weighted by Gasteiger charge is -2.17. The van der Waals surface area contributed by atoms with Gasteiger partial charge < -0.3 is 5.32 Å². The third-order valence-electron chi connectivity index (χ3n) is 3.92. The molecule has 1 unspecified atom stereocenters. The second-order valence-corrected chi connectivity index (χ2v) is 8.47. The number of sulfonamides is 1. The van der Waals surface area contributed by atoms with E-state index in [9.17, 15) is 8.42 Å². The molecule has 1 aliphatic rings. The monoisotopic (exact) mass is 330 g/mol. The van der Waals surface area contributed by atoms with E-state index in [0.717, 1.165) is 35.7 Å². The lowest BCUT2D eigenvalue weighted by molar-refractivity contribution is 0.494. The third kappa shape index (κ3) is 4.52. The van der Waals surface area contributed by atoms with Crippen molar-refractivity contribution in [1.82, 2.24) is 10.0 Å². The molecule has 0 radical (unpaired) electrons. The molecule has 1 heterocycles. The Bertz CT molecular complexity index is 562. The smallest absolute Gasteiger partial charge is 0.242 e. The van der Waals surface area contributed by atoms with Gasteiger partial charge in [-0.25, -0.2) is 13.1 Å². The van der Waals surface area contributed by atoms with Gasteiger partial charge in [-0.1, -0.05) is 26.7 Å². The van der Waals surface area contributed by atoms with E-state index >= 15 is 0 Å². The molecule has 0 saturated heterocycles. The van der Waals surface area contributed by atoms with Gasteiger partial charge in [-0.3, -0.25) is 0 Å². The normalized spacial score (nSPS) is 17.1. The molecule has 21 heavy (non-hydrogen) atoms. The summed E-state index contributed by atoms with van der Waals surface area (Å²) in [6.07, 6.45) is 4.33. The topological polar surface area (TPSA) is 58.2 Å². The lowest BCUT2D eigenvalue weighted by atomic mass is 10.1. The molecular weight excluding hydrogens is 304 g/mol. The molecule has 0 bridgehead atoms. The van der Waals surface area contributed by atoms with Gasteiger partial charge in [-0.15, -0.1) is 11.3 Å². The van der Waals surface area contributed by atoms with Crippen molar-refractivity contribution in [3.05, 3.63) is 15.8 Å². The molecule has 2 rings (SSSR count). The highest BCUT2D eigenvalue weighted by molar-refractivity contribution is 7.89. The van der Waals surface area contributed by atoms with Gasteiger partial charge in [0.15, 0.2) is 0 Å². The number of aryl methyl sites for hydroxylation is 1. The van der Waals surface area contributed by atoms with Gasteiger partial charge in [-0.2, -0.15) is 0 Å². The van der Waals surface area contributed by atoms with E-state index in [4.69, 9.17) is 0 Å². The number of hydrogen-bond acceptors (Lipinski definition) is 4. The zero-order valence-electron chi connectivity index (χ0n) is 13.1. The Morgan fingerprint density at radius 1 is 1.38 bits per heavy atom. The molecule has 0 amide bonds. The first-order chi connectivity index (χ1) is 9.97. The van der Waals surface area contributed by atoms with E-state index in [-0.39, 0.29) is 6.04 Å². The van der Waals surface area contributed by atoms with Gasteiger partial charge in [0.25, 0.3) is 0 Å². The maximum Gasteiger partial charge on any atom is 0.242 e. The van der Waals surface area contributed by atoms with Crippen molar-refractivity contribution in [2.45, 2.75) is 63.9 Å². The lowest BCUT2D eigenvalue weighted by Crippen LogP contribution is -2.35. The fraction of sp³-hybridized carbons (Fsp3) is 0.733. The molecule has 1 fully saturated rings. The number of nitrogens with one attached hydrogen (secondary N) is 2. The molecule has 6 heteroatoms. The van der Waals surface area contributed by atoms with Crippen LogP contribution in [0, 0.1) is 12.8 Å². The highest BCUT2D eigenvalue weighted by atomic mass is 32.2. The Kier molecular flexibility index (Phi) is 5.82. The van der Waals surface area contributed by atoms with E-state index in [0.29, 0.717) is 11.4 Å². The summed E-state index contributed by atoms with van der Waals surface area (Å²) >= 11 is 1.52. The summed E-state index contributed by atoms with van der Waals surface area (Å²) in [4.78, 5) is 1.39. The zero-order valence-corrected chi connectivity index (χ0v) is 14.7. The standard InChI is InChI=1S/C15H26N2O2S2/c1-4-13(8-12-6-7-12)17-21(18,19)15-11(3)10-20-14(15)9-16-5-2/h10,12-13,16-17H,4-9H2,1-3H3. The van der Waals surface area contributed by atoms with Crippen LogP contribution in [0.15, 0.2) is 10.3 Å². The van der Waals surface area contributed by atoms with Crippen LogP contribution in [0.5, 0.6) is 0 Å². The number of hydrogen-bond donors (Lipinski definition) is 2. The van der Waals surface area contributed by atoms with Crippen molar-refractivity contribution >= 4 is 21.4 Å². The summed E-state index contributed by atoms with van der Waals surface area (Å²) < 4.78 is 28.4. The Hall–Kier alpha value is -0.430. The van der Waals surface area contributed by atoms with E-state index in [2.05, 4.69) is 17.0 Å². The van der Waals surface area contributed by atoms with Crippen LogP contribution in [0.2, 0.25) is 0 Å². The Labute approximate surface area is 132 Å². The average molecular weight is 331 g/mol. The highest BCUT2D eigenvalue weighted by Crippen LogP contribution is 2.35. The zero-order chi connectivity index (χ0) is 15.5. The van der Waals surface area contributed by atoms with Gasteiger partial charge in [0.1, 0.15) is 4.90 Å². The summed E-state index contributed by atoms with van der Waals surface area (Å²) in [5.41, 5.74) is 0.849. The number of rotatable bonds is 9. The maximum atomic E-state index is 12.7. The fourth-order valence-electron chi connectivity index (χ4n) is 2.54. The summed E-state index contributed by atoms with van der Waals surface area (Å²) in [6.45, 7) is 7.40. The second kappa shape index (κ2) is 7.22. The summed E-state index contributed by atoms with van der Waals surface area (Å²) in [7, 11) is -3.42. The first-order valence-electron chi connectivity index (χ1n) is 7.77. The summed E-state index contributed by atoms with van der Waals surface area (Å²) in [5.74, 6) is 0.724. The van der Waals surface area contributed by atoms with Gasteiger partial charge in [0, 0.05) is 17.5 Å². The van der Waals surface area contributed by atoms with E-state index in [1.807, 2.05) is 19.2 Å². The van der Waals surface area contributed by atoms with E-state index in [1.54, 1.807) is 0 Å². The molecular formula is C15H26N2O2S2. The van der Waals surface area contributed by atoms with Crippen LogP contribution in [-0.2, 0) is 16.6 Å². The van der Waals surface area contributed by atoms with Crippen LogP contribution in [0.25, 0.3) is 0 Å². The van der Waals surface area contributed by atoms with Gasteiger partial charge in [0.05, 0.1) is 0 Å². The molecule has 1 atom stereocenters. The van der Waals surface area contributed by atoms with Crippen LogP contribution in [-0.4, -0.2) is 21.0 Å². The molecule has 120 valence electrons. The minimum absolute atomic E-state index is 0.0637. The average Bonchev–Trinajstić information content (AvgIpc) is 3.16. The fourth-order valence-corrected chi connectivity index (χ4v) is 5.65. The summed E-state index contributed by atoms with van der Waals surface area (Å²) in [5, 5.41) is 5.15. The van der Waals surface area contributed by atoms with Gasteiger partial charge >= 0.3 is 0 Å². The van der Waals surface area contributed by atoms with Gasteiger partial charge in [0.2, 0.25) is 10.0 Å². The van der Waals surface area contributed by atoms with Gasteiger partial charge in [-0.05, 0) is 43.2 Å². The molecule has 1 aromatic heterocycles. The SMILES string of the molecule is CCNCc1scc(C)c1S(=O)(=O)NC(CC)CC1CC1. The maximum absolute atomic E-state index is 12.7. The molecule has 1 aromatic rings. The number of thiophene rings is 1. The van der Waals surface area contributed by atoms with Crippen LogP contribution < -0.4 is 10.0 Å².